The maximum atomic E-state index is 12.9. The van der Waals surface area contributed by atoms with Gasteiger partial charge < -0.3 is 19.5 Å². The largest absolute Gasteiger partial charge is 0.507 e. The molecule has 1 amide bonds. The molecule has 1 atom stereocenters. The predicted octanol–water partition coefficient (Wildman–Crippen LogP) is 4.58. The molecule has 30 heavy (non-hydrogen) atoms. The van der Waals surface area contributed by atoms with E-state index < -0.39 is 17.7 Å². The lowest BCUT2D eigenvalue weighted by Crippen LogP contribution is -2.30. The van der Waals surface area contributed by atoms with Gasteiger partial charge in [0.05, 0.1) is 25.8 Å². The number of carbonyl (C=O) groups is 2. The Labute approximate surface area is 180 Å². The van der Waals surface area contributed by atoms with Crippen LogP contribution in [0.5, 0.6) is 11.5 Å². The van der Waals surface area contributed by atoms with Gasteiger partial charge in [-0.1, -0.05) is 31.0 Å². The fourth-order valence-electron chi connectivity index (χ4n) is 3.57. The van der Waals surface area contributed by atoms with Crippen LogP contribution in [0.3, 0.4) is 0 Å². The number of Topliss-reactive ketones (excluding diaryl/α,β-unsaturated/α-hetero) is 1. The Hall–Kier alpha value is -2.99. The van der Waals surface area contributed by atoms with E-state index in [1.165, 1.54) is 19.1 Å². The van der Waals surface area contributed by atoms with Gasteiger partial charge in [-0.3, -0.25) is 9.59 Å². The number of nitrogens with zero attached hydrogens (tertiary/aromatic N) is 1. The molecule has 0 saturated carbocycles. The quantitative estimate of drug-likeness (QED) is 0.396. The van der Waals surface area contributed by atoms with Gasteiger partial charge in [-0.2, -0.15) is 0 Å². The molecule has 1 aliphatic rings. The summed E-state index contributed by atoms with van der Waals surface area (Å²) in [5, 5.41) is 11.5. The number of ether oxygens (including phenoxy) is 2. The van der Waals surface area contributed by atoms with Crippen LogP contribution < -0.4 is 9.47 Å². The highest BCUT2D eigenvalue weighted by Crippen LogP contribution is 2.42. The van der Waals surface area contributed by atoms with Crippen molar-refractivity contribution in [1.29, 1.82) is 0 Å². The van der Waals surface area contributed by atoms with Crippen molar-refractivity contribution in [2.24, 2.45) is 0 Å². The summed E-state index contributed by atoms with van der Waals surface area (Å²) in [4.78, 5) is 27.3. The molecule has 1 aliphatic heterocycles. The van der Waals surface area contributed by atoms with Gasteiger partial charge in [0.25, 0.3) is 11.7 Å². The van der Waals surface area contributed by atoms with Crippen LogP contribution in [-0.2, 0) is 9.59 Å². The summed E-state index contributed by atoms with van der Waals surface area (Å²) in [5.74, 6) is -0.562. The number of ketones is 1. The second-order valence-electron chi connectivity index (χ2n) is 6.97. The van der Waals surface area contributed by atoms with Gasteiger partial charge in [0, 0.05) is 17.1 Å². The molecule has 0 spiro atoms. The first-order valence-corrected chi connectivity index (χ1v) is 10.1. The molecule has 1 N–H and O–H groups in total. The molecule has 0 bridgehead atoms. The van der Waals surface area contributed by atoms with Gasteiger partial charge >= 0.3 is 0 Å². The molecule has 1 fully saturated rings. The Morgan fingerprint density at radius 3 is 2.33 bits per heavy atom. The maximum Gasteiger partial charge on any atom is 0.295 e. The molecule has 0 aromatic heterocycles. The van der Waals surface area contributed by atoms with Crippen molar-refractivity contribution in [3.8, 4) is 11.5 Å². The molecule has 1 unspecified atom stereocenters. The van der Waals surface area contributed by atoms with Crippen LogP contribution >= 0.6 is 11.6 Å². The van der Waals surface area contributed by atoms with E-state index in [1.54, 1.807) is 42.5 Å². The highest BCUT2D eigenvalue weighted by atomic mass is 35.5. The van der Waals surface area contributed by atoms with Crippen LogP contribution in [0.15, 0.2) is 48.0 Å². The number of unbranched alkanes of at least 4 members (excludes halogenated alkanes) is 1. The molecular formula is C23H24ClNO5. The van der Waals surface area contributed by atoms with Crippen LogP contribution in [0.2, 0.25) is 5.02 Å². The number of halogens is 1. The van der Waals surface area contributed by atoms with Crippen LogP contribution in [0.25, 0.3) is 5.76 Å². The van der Waals surface area contributed by atoms with Gasteiger partial charge in [-0.15, -0.1) is 0 Å². The monoisotopic (exact) mass is 429 g/mol. The maximum absolute atomic E-state index is 12.9. The molecule has 3 rings (SSSR count). The molecule has 1 saturated heterocycles. The van der Waals surface area contributed by atoms with Crippen molar-refractivity contribution < 1.29 is 24.2 Å². The third-order valence-electron chi connectivity index (χ3n) is 5.13. The van der Waals surface area contributed by atoms with E-state index in [0.717, 1.165) is 12.8 Å². The van der Waals surface area contributed by atoms with Crippen molar-refractivity contribution in [1.82, 2.24) is 4.90 Å². The summed E-state index contributed by atoms with van der Waals surface area (Å²) in [6.45, 7) is 2.41. The predicted molar refractivity (Wildman–Crippen MR) is 115 cm³/mol. The standard InChI is InChI=1S/C23H24ClNO5/c1-4-5-12-25-20(15-8-11-17(29-2)18(13-15)30-3)19(22(27)23(25)28)21(26)14-6-9-16(24)10-7-14/h6-11,13,20,26H,4-5,12H2,1-3H3. The second kappa shape index (κ2) is 9.22. The molecule has 1 heterocycles. The van der Waals surface area contributed by atoms with E-state index in [1.807, 2.05) is 6.92 Å². The Kier molecular flexibility index (Phi) is 6.67. The van der Waals surface area contributed by atoms with Crippen LogP contribution in [0.4, 0.5) is 0 Å². The average molecular weight is 430 g/mol. The number of aliphatic hydroxyl groups is 1. The summed E-state index contributed by atoms with van der Waals surface area (Å²) in [6, 6.07) is 11.0. The SMILES string of the molecule is CCCCN1C(=O)C(=O)C(=C(O)c2ccc(Cl)cc2)C1c1ccc(OC)c(OC)c1. The summed E-state index contributed by atoms with van der Waals surface area (Å²) in [6.07, 6.45) is 1.59. The lowest BCUT2D eigenvalue weighted by molar-refractivity contribution is -0.139. The number of hydrogen-bond acceptors (Lipinski definition) is 5. The average Bonchev–Trinajstić information content (AvgIpc) is 3.01. The van der Waals surface area contributed by atoms with Crippen molar-refractivity contribution >= 4 is 29.1 Å². The molecule has 158 valence electrons. The van der Waals surface area contributed by atoms with E-state index in [-0.39, 0.29) is 11.3 Å². The van der Waals surface area contributed by atoms with Gasteiger partial charge in [-0.05, 0) is 48.4 Å². The molecule has 7 heteroatoms. The summed E-state index contributed by atoms with van der Waals surface area (Å²) >= 11 is 5.94. The topological polar surface area (TPSA) is 76.1 Å². The van der Waals surface area contributed by atoms with Gasteiger partial charge in [0.15, 0.2) is 11.5 Å². The third kappa shape index (κ3) is 4.00. The zero-order valence-corrected chi connectivity index (χ0v) is 17.9. The lowest BCUT2D eigenvalue weighted by atomic mass is 9.95. The van der Waals surface area contributed by atoms with E-state index in [0.29, 0.717) is 34.2 Å². The zero-order valence-electron chi connectivity index (χ0n) is 17.1. The molecule has 6 nitrogen and oxygen atoms in total. The molecule has 0 aliphatic carbocycles. The normalized spacial score (nSPS) is 18.0. The number of methoxy groups -OCH3 is 2. The number of hydrogen-bond donors (Lipinski definition) is 1. The fourth-order valence-corrected chi connectivity index (χ4v) is 3.70. The smallest absolute Gasteiger partial charge is 0.295 e. The Balaban J connectivity index is 2.18. The van der Waals surface area contributed by atoms with Crippen LogP contribution in [0.1, 0.15) is 36.9 Å². The van der Waals surface area contributed by atoms with Gasteiger partial charge in [-0.25, -0.2) is 0 Å². The number of benzene rings is 2. The summed E-state index contributed by atoms with van der Waals surface area (Å²) < 4.78 is 10.7. The minimum Gasteiger partial charge on any atom is -0.507 e. The first kappa shape index (κ1) is 21.7. The molecule has 2 aromatic carbocycles. The van der Waals surface area contributed by atoms with Crippen molar-refractivity contribution in [2.75, 3.05) is 20.8 Å². The number of amides is 1. The molecule has 2 aromatic rings. The third-order valence-corrected chi connectivity index (χ3v) is 5.39. The van der Waals surface area contributed by atoms with E-state index in [9.17, 15) is 14.7 Å². The summed E-state index contributed by atoms with van der Waals surface area (Å²) in [7, 11) is 3.05. The number of carbonyl (C=O) groups excluding carboxylic acids is 2. The highest BCUT2D eigenvalue weighted by Gasteiger charge is 2.45. The number of likely N-dealkylation sites (tertiary alicyclic amines) is 1. The van der Waals surface area contributed by atoms with E-state index >= 15 is 0 Å². The molecular weight excluding hydrogens is 406 g/mol. The second-order valence-corrected chi connectivity index (χ2v) is 7.40. The van der Waals surface area contributed by atoms with Gasteiger partial charge in [0.2, 0.25) is 0 Å². The van der Waals surface area contributed by atoms with Gasteiger partial charge in [0.1, 0.15) is 5.76 Å². The fraction of sp³-hybridized carbons (Fsp3) is 0.304. The first-order valence-electron chi connectivity index (χ1n) is 9.69. The first-order chi connectivity index (χ1) is 14.4. The van der Waals surface area contributed by atoms with Crippen molar-refractivity contribution in [3.63, 3.8) is 0 Å². The lowest BCUT2D eigenvalue weighted by Gasteiger charge is -2.25. The Bertz CT molecular complexity index is 984. The van der Waals surface area contributed by atoms with Crippen molar-refractivity contribution in [3.05, 3.63) is 64.2 Å². The van der Waals surface area contributed by atoms with E-state index in [2.05, 4.69) is 0 Å². The zero-order chi connectivity index (χ0) is 21.8. The highest BCUT2D eigenvalue weighted by molar-refractivity contribution is 6.46. The van der Waals surface area contributed by atoms with Crippen LogP contribution in [-0.4, -0.2) is 42.5 Å². The number of rotatable bonds is 7. The Morgan fingerprint density at radius 2 is 1.73 bits per heavy atom. The molecule has 0 radical (unpaired) electrons. The Morgan fingerprint density at radius 1 is 1.07 bits per heavy atom. The van der Waals surface area contributed by atoms with Crippen LogP contribution in [0, 0.1) is 0 Å². The van der Waals surface area contributed by atoms with Crippen molar-refractivity contribution in [2.45, 2.75) is 25.8 Å². The summed E-state index contributed by atoms with van der Waals surface area (Å²) in [5.41, 5.74) is 1.11. The minimum absolute atomic E-state index is 0.0469. The van der Waals surface area contributed by atoms with E-state index in [4.69, 9.17) is 21.1 Å². The minimum atomic E-state index is -0.730. The number of aliphatic hydroxyl groups excluding tert-OH is 1.